The molecule has 4 rings (SSSR count). The second-order valence-corrected chi connectivity index (χ2v) is 6.06. The van der Waals surface area contributed by atoms with Crippen molar-refractivity contribution in [1.82, 2.24) is 9.97 Å². The van der Waals surface area contributed by atoms with Crippen LogP contribution in [0.25, 0.3) is 21.7 Å². The monoisotopic (exact) mass is 328 g/mol. The smallest absolute Gasteiger partial charge is 0.326 e. The van der Waals surface area contributed by atoms with E-state index in [-0.39, 0.29) is 12.7 Å². The minimum Gasteiger partial charge on any atom is -0.394 e. The Kier molecular flexibility index (Phi) is 3.49. The van der Waals surface area contributed by atoms with Crippen molar-refractivity contribution >= 4 is 21.7 Å². The molecule has 1 saturated heterocycles. The number of aromatic amines is 2. The summed E-state index contributed by atoms with van der Waals surface area (Å²) in [7, 11) is 0. The van der Waals surface area contributed by atoms with E-state index in [0.717, 1.165) is 16.3 Å². The number of aliphatic hydroxyl groups excluding tert-OH is 2. The van der Waals surface area contributed by atoms with Gasteiger partial charge in [-0.2, -0.15) is 0 Å². The number of rotatable bonds is 2. The average molecular weight is 328 g/mol. The van der Waals surface area contributed by atoms with Crippen molar-refractivity contribution in [3.8, 4) is 0 Å². The number of H-pyrrole nitrogens is 2. The number of hydrogen-bond donors (Lipinski definition) is 4. The van der Waals surface area contributed by atoms with Crippen LogP contribution in [0, 0.1) is 0 Å². The molecule has 0 aliphatic carbocycles. The van der Waals surface area contributed by atoms with E-state index in [1.165, 1.54) is 0 Å². The topological polar surface area (TPSA) is 115 Å². The molecule has 0 bridgehead atoms. The summed E-state index contributed by atoms with van der Waals surface area (Å²) in [6.07, 6.45) is -1.15. The molecule has 1 fully saturated rings. The number of fused-ring (bicyclic) bond motifs is 2. The van der Waals surface area contributed by atoms with Gasteiger partial charge in [-0.1, -0.05) is 12.1 Å². The van der Waals surface area contributed by atoms with Crippen LogP contribution in [-0.4, -0.2) is 39.0 Å². The molecule has 1 aliphatic rings. The van der Waals surface area contributed by atoms with E-state index in [0.29, 0.717) is 17.3 Å². The lowest BCUT2D eigenvalue weighted by molar-refractivity contribution is -0.0225. The molecule has 0 spiro atoms. The number of nitrogens with one attached hydrogen (secondary N) is 2. The van der Waals surface area contributed by atoms with Crippen molar-refractivity contribution in [1.29, 1.82) is 0 Å². The molecule has 124 valence electrons. The quantitative estimate of drug-likeness (QED) is 0.513. The first-order valence-electron chi connectivity index (χ1n) is 7.69. The van der Waals surface area contributed by atoms with Crippen molar-refractivity contribution < 1.29 is 14.9 Å². The molecule has 3 unspecified atom stereocenters. The molecule has 1 aliphatic heterocycles. The van der Waals surface area contributed by atoms with Gasteiger partial charge >= 0.3 is 5.69 Å². The van der Waals surface area contributed by atoms with Crippen molar-refractivity contribution in [2.24, 2.45) is 0 Å². The third-order valence-electron chi connectivity index (χ3n) is 4.50. The molecule has 7 heteroatoms. The first kappa shape index (κ1) is 15.1. The van der Waals surface area contributed by atoms with E-state index in [9.17, 15) is 19.8 Å². The highest BCUT2D eigenvalue weighted by molar-refractivity contribution is 5.96. The molecular weight excluding hydrogens is 312 g/mol. The maximum absolute atomic E-state index is 11.9. The minimum atomic E-state index is -0.694. The van der Waals surface area contributed by atoms with E-state index >= 15 is 0 Å². The van der Waals surface area contributed by atoms with Crippen LogP contribution in [0.5, 0.6) is 0 Å². The van der Waals surface area contributed by atoms with Gasteiger partial charge < -0.3 is 19.9 Å². The van der Waals surface area contributed by atoms with Crippen LogP contribution >= 0.6 is 0 Å². The molecule has 1 aromatic heterocycles. The van der Waals surface area contributed by atoms with Gasteiger partial charge in [0.25, 0.3) is 5.56 Å². The second kappa shape index (κ2) is 5.55. The summed E-state index contributed by atoms with van der Waals surface area (Å²) in [5.41, 5.74) is 0.385. The lowest BCUT2D eigenvalue weighted by Crippen LogP contribution is -2.24. The van der Waals surface area contributed by atoms with Crippen LogP contribution < -0.4 is 11.2 Å². The Labute approximate surface area is 135 Å². The Morgan fingerprint density at radius 3 is 2.71 bits per heavy atom. The largest absolute Gasteiger partial charge is 0.394 e. The summed E-state index contributed by atoms with van der Waals surface area (Å²) in [4.78, 5) is 28.2. The van der Waals surface area contributed by atoms with Crippen molar-refractivity contribution in [3.05, 3.63) is 56.7 Å². The minimum absolute atomic E-state index is 0.224. The zero-order valence-corrected chi connectivity index (χ0v) is 12.7. The fourth-order valence-corrected chi connectivity index (χ4v) is 3.24. The fourth-order valence-electron chi connectivity index (χ4n) is 3.24. The summed E-state index contributed by atoms with van der Waals surface area (Å²) in [6, 6.07) is 9.14. The SMILES string of the molecule is O=c1[nH]c(=O)c2cc3cc(C4CC(O)C(CO)O4)ccc3cc2[nH]1. The molecule has 3 aromatic rings. The van der Waals surface area contributed by atoms with Gasteiger partial charge in [-0.15, -0.1) is 0 Å². The van der Waals surface area contributed by atoms with Gasteiger partial charge in [0.15, 0.2) is 0 Å². The predicted octanol–water partition coefficient (Wildman–Crippen LogP) is 0.553. The van der Waals surface area contributed by atoms with Gasteiger partial charge in [0.1, 0.15) is 6.10 Å². The van der Waals surface area contributed by atoms with E-state index in [2.05, 4.69) is 9.97 Å². The predicted molar refractivity (Wildman–Crippen MR) is 88.0 cm³/mol. The maximum atomic E-state index is 11.9. The van der Waals surface area contributed by atoms with E-state index in [1.54, 1.807) is 12.1 Å². The summed E-state index contributed by atoms with van der Waals surface area (Å²) >= 11 is 0. The molecular formula is C17H16N2O5. The highest BCUT2D eigenvalue weighted by atomic mass is 16.5. The number of hydrogen-bond acceptors (Lipinski definition) is 5. The van der Waals surface area contributed by atoms with Gasteiger partial charge in [0.2, 0.25) is 0 Å². The summed E-state index contributed by atoms with van der Waals surface area (Å²) in [6.45, 7) is -0.224. The van der Waals surface area contributed by atoms with Crippen LogP contribution in [0.1, 0.15) is 18.1 Å². The molecule has 0 radical (unpaired) electrons. The average Bonchev–Trinajstić information content (AvgIpc) is 2.94. The van der Waals surface area contributed by atoms with Gasteiger partial charge in [-0.25, -0.2) is 4.79 Å². The number of ether oxygens (including phenoxy) is 1. The lowest BCUT2D eigenvalue weighted by atomic mass is 10.00. The zero-order chi connectivity index (χ0) is 16.8. The highest BCUT2D eigenvalue weighted by Gasteiger charge is 2.34. The number of aromatic nitrogens is 2. The van der Waals surface area contributed by atoms with E-state index in [4.69, 9.17) is 4.74 Å². The van der Waals surface area contributed by atoms with Crippen molar-refractivity contribution in [2.75, 3.05) is 6.61 Å². The third-order valence-corrected chi connectivity index (χ3v) is 4.50. The first-order chi connectivity index (χ1) is 11.5. The molecule has 0 saturated carbocycles. The zero-order valence-electron chi connectivity index (χ0n) is 12.7. The summed E-state index contributed by atoms with van der Waals surface area (Å²) < 4.78 is 5.67. The van der Waals surface area contributed by atoms with Gasteiger partial charge in [-0.05, 0) is 34.5 Å². The Bertz CT molecular complexity index is 1040. The van der Waals surface area contributed by atoms with Crippen molar-refractivity contribution in [2.45, 2.75) is 24.7 Å². The van der Waals surface area contributed by atoms with Crippen LogP contribution in [0.2, 0.25) is 0 Å². The number of aliphatic hydroxyl groups is 2. The second-order valence-electron chi connectivity index (χ2n) is 6.06. The first-order valence-corrected chi connectivity index (χ1v) is 7.69. The van der Waals surface area contributed by atoms with Crippen LogP contribution in [0.3, 0.4) is 0 Å². The summed E-state index contributed by atoms with van der Waals surface area (Å²) in [5.74, 6) is 0. The molecule has 0 amide bonds. The van der Waals surface area contributed by atoms with E-state index < -0.39 is 23.5 Å². The molecule has 7 nitrogen and oxygen atoms in total. The Morgan fingerprint density at radius 2 is 1.96 bits per heavy atom. The maximum Gasteiger partial charge on any atom is 0.326 e. The molecule has 24 heavy (non-hydrogen) atoms. The van der Waals surface area contributed by atoms with Gasteiger partial charge in [0, 0.05) is 6.42 Å². The van der Waals surface area contributed by atoms with Crippen LogP contribution in [-0.2, 0) is 4.74 Å². The van der Waals surface area contributed by atoms with E-state index in [1.807, 2.05) is 18.2 Å². The molecule has 2 heterocycles. The normalized spacial score (nSPS) is 24.0. The standard InChI is InChI=1S/C17H16N2O5/c20-7-15-13(21)6-14(24-15)9-2-1-8-5-12-11(4-10(8)3-9)16(22)19-17(23)18-12/h1-5,13-15,20-21H,6-7H2,(H2,18,19,22,23). The Balaban J connectivity index is 1.82. The van der Waals surface area contributed by atoms with Crippen molar-refractivity contribution in [3.63, 3.8) is 0 Å². The number of benzene rings is 2. The molecule has 2 aromatic carbocycles. The molecule has 4 N–H and O–H groups in total. The summed E-state index contributed by atoms with van der Waals surface area (Å²) in [5, 5.41) is 21.2. The highest BCUT2D eigenvalue weighted by Crippen LogP contribution is 2.34. The Morgan fingerprint density at radius 1 is 1.12 bits per heavy atom. The third kappa shape index (κ3) is 2.43. The molecule has 3 atom stereocenters. The van der Waals surface area contributed by atoms with Crippen LogP contribution in [0.4, 0.5) is 0 Å². The van der Waals surface area contributed by atoms with Gasteiger partial charge in [0.05, 0.1) is 29.7 Å². The lowest BCUT2D eigenvalue weighted by Gasteiger charge is -2.13. The van der Waals surface area contributed by atoms with Gasteiger partial charge in [-0.3, -0.25) is 9.78 Å². The fraction of sp³-hybridized carbons (Fsp3) is 0.294. The van der Waals surface area contributed by atoms with Crippen LogP contribution in [0.15, 0.2) is 39.9 Å². The Hall–Kier alpha value is -2.48.